The van der Waals surface area contributed by atoms with Crippen molar-refractivity contribution in [3.05, 3.63) is 47.8 Å². The Balaban J connectivity index is 2.22. The number of aryl methyl sites for hydroxylation is 1. The van der Waals surface area contributed by atoms with Gasteiger partial charge in [-0.3, -0.25) is 10.5 Å². The van der Waals surface area contributed by atoms with E-state index in [9.17, 15) is 0 Å². The van der Waals surface area contributed by atoms with Crippen molar-refractivity contribution in [3.8, 4) is 5.75 Å². The fourth-order valence-electron chi connectivity index (χ4n) is 2.03. The molecule has 1 unspecified atom stereocenters. The van der Waals surface area contributed by atoms with Crippen molar-refractivity contribution in [2.45, 2.75) is 26.0 Å². The Morgan fingerprint density at radius 2 is 1.89 bits per heavy atom. The number of aromatic nitrogens is 2. The average molecular weight is 260 g/mol. The number of nitrogens with one attached hydrogen (secondary N) is 1. The summed E-state index contributed by atoms with van der Waals surface area (Å²) in [6.07, 6.45) is 1.93. The number of benzene rings is 1. The topological polar surface area (TPSA) is 65.1 Å². The van der Waals surface area contributed by atoms with Gasteiger partial charge in [-0.1, -0.05) is 12.1 Å². The fraction of sp³-hybridized carbons (Fsp3) is 0.357. The molecule has 3 N–H and O–H groups in total. The largest absolute Gasteiger partial charge is 0.491 e. The third kappa shape index (κ3) is 3.13. The molecule has 5 nitrogen and oxygen atoms in total. The average Bonchev–Trinajstić information content (AvgIpc) is 2.78. The Kier molecular flexibility index (Phi) is 4.19. The van der Waals surface area contributed by atoms with E-state index in [-0.39, 0.29) is 12.1 Å². The molecule has 0 radical (unpaired) electrons. The second kappa shape index (κ2) is 5.86. The summed E-state index contributed by atoms with van der Waals surface area (Å²) in [7, 11) is 1.90. The quantitative estimate of drug-likeness (QED) is 0.635. The van der Waals surface area contributed by atoms with Crippen LogP contribution in [-0.4, -0.2) is 15.9 Å². The van der Waals surface area contributed by atoms with Gasteiger partial charge in [0.1, 0.15) is 5.75 Å². The van der Waals surface area contributed by atoms with Crippen molar-refractivity contribution >= 4 is 0 Å². The van der Waals surface area contributed by atoms with E-state index in [2.05, 4.69) is 10.5 Å². The van der Waals surface area contributed by atoms with Gasteiger partial charge in [-0.2, -0.15) is 5.10 Å². The molecule has 1 aromatic heterocycles. The summed E-state index contributed by atoms with van der Waals surface area (Å²) in [5.41, 5.74) is 4.91. The van der Waals surface area contributed by atoms with Crippen molar-refractivity contribution < 1.29 is 4.74 Å². The SMILES string of the molecule is CC(C)Oc1ccc(C(NN)c2ccnn2C)cc1. The molecular weight excluding hydrogens is 240 g/mol. The molecule has 2 rings (SSSR count). The normalized spacial score (nSPS) is 12.7. The molecule has 0 aliphatic heterocycles. The highest BCUT2D eigenvalue weighted by atomic mass is 16.5. The molecule has 0 fully saturated rings. The number of ether oxygens (including phenoxy) is 1. The maximum absolute atomic E-state index is 5.66. The van der Waals surface area contributed by atoms with E-state index in [0.29, 0.717) is 0 Å². The van der Waals surface area contributed by atoms with E-state index in [0.717, 1.165) is 17.0 Å². The van der Waals surface area contributed by atoms with Gasteiger partial charge < -0.3 is 4.74 Å². The highest BCUT2D eigenvalue weighted by Gasteiger charge is 2.15. The summed E-state index contributed by atoms with van der Waals surface area (Å²) in [5, 5.41) is 4.16. The van der Waals surface area contributed by atoms with Crippen LogP contribution in [0.1, 0.15) is 31.1 Å². The Labute approximate surface area is 113 Å². The summed E-state index contributed by atoms with van der Waals surface area (Å²) in [6, 6.07) is 9.79. The lowest BCUT2D eigenvalue weighted by Gasteiger charge is -2.17. The van der Waals surface area contributed by atoms with Crippen LogP contribution in [0.3, 0.4) is 0 Å². The number of rotatable bonds is 5. The molecule has 0 aliphatic rings. The van der Waals surface area contributed by atoms with Crippen molar-refractivity contribution in [3.63, 3.8) is 0 Å². The van der Waals surface area contributed by atoms with Crippen LogP contribution in [-0.2, 0) is 7.05 Å². The van der Waals surface area contributed by atoms with Crippen molar-refractivity contribution in [1.29, 1.82) is 0 Å². The molecule has 0 amide bonds. The first kappa shape index (κ1) is 13.6. The Hall–Kier alpha value is -1.85. The number of hydrazine groups is 1. The maximum atomic E-state index is 5.66. The molecule has 2 aromatic rings. The highest BCUT2D eigenvalue weighted by molar-refractivity contribution is 5.33. The van der Waals surface area contributed by atoms with Crippen LogP contribution >= 0.6 is 0 Å². The van der Waals surface area contributed by atoms with Gasteiger partial charge in [0.05, 0.1) is 17.8 Å². The summed E-state index contributed by atoms with van der Waals surface area (Å²) in [4.78, 5) is 0. The minimum absolute atomic E-state index is 0.0828. The first-order valence-electron chi connectivity index (χ1n) is 6.32. The van der Waals surface area contributed by atoms with Gasteiger partial charge in [-0.15, -0.1) is 0 Å². The third-order valence-electron chi connectivity index (χ3n) is 2.91. The number of hydrogen-bond donors (Lipinski definition) is 2. The van der Waals surface area contributed by atoms with Crippen LogP contribution in [0.15, 0.2) is 36.5 Å². The van der Waals surface area contributed by atoms with Crippen LogP contribution in [0, 0.1) is 0 Å². The molecule has 102 valence electrons. The van der Waals surface area contributed by atoms with Crippen LogP contribution in [0.2, 0.25) is 0 Å². The van der Waals surface area contributed by atoms with Gasteiger partial charge in [0.25, 0.3) is 0 Å². The third-order valence-corrected chi connectivity index (χ3v) is 2.91. The molecule has 1 heterocycles. The lowest BCUT2D eigenvalue weighted by Crippen LogP contribution is -2.30. The molecule has 0 aliphatic carbocycles. The Morgan fingerprint density at radius 3 is 2.37 bits per heavy atom. The molecule has 19 heavy (non-hydrogen) atoms. The number of nitrogens with zero attached hydrogens (tertiary/aromatic N) is 2. The van der Waals surface area contributed by atoms with Crippen molar-refractivity contribution in [2.24, 2.45) is 12.9 Å². The zero-order chi connectivity index (χ0) is 13.8. The number of nitrogens with two attached hydrogens (primary N) is 1. The monoisotopic (exact) mass is 260 g/mol. The van der Waals surface area contributed by atoms with E-state index in [4.69, 9.17) is 10.6 Å². The van der Waals surface area contributed by atoms with Crippen LogP contribution in [0.25, 0.3) is 0 Å². The Morgan fingerprint density at radius 1 is 1.21 bits per heavy atom. The predicted molar refractivity (Wildman–Crippen MR) is 74.6 cm³/mol. The molecule has 0 saturated heterocycles. The second-order valence-corrected chi connectivity index (χ2v) is 4.72. The summed E-state index contributed by atoms with van der Waals surface area (Å²) in [5.74, 6) is 6.52. The molecule has 0 bridgehead atoms. The van der Waals surface area contributed by atoms with Gasteiger partial charge >= 0.3 is 0 Å². The highest BCUT2D eigenvalue weighted by Crippen LogP contribution is 2.23. The zero-order valence-corrected chi connectivity index (χ0v) is 11.5. The molecule has 0 saturated carbocycles. The minimum Gasteiger partial charge on any atom is -0.491 e. The van der Waals surface area contributed by atoms with Gasteiger partial charge in [0, 0.05) is 13.2 Å². The van der Waals surface area contributed by atoms with E-state index in [1.807, 2.05) is 55.9 Å². The first-order valence-corrected chi connectivity index (χ1v) is 6.32. The van der Waals surface area contributed by atoms with Gasteiger partial charge in [-0.25, -0.2) is 5.43 Å². The molecule has 0 spiro atoms. The zero-order valence-electron chi connectivity index (χ0n) is 11.5. The van der Waals surface area contributed by atoms with Gasteiger partial charge in [0.2, 0.25) is 0 Å². The van der Waals surface area contributed by atoms with Crippen molar-refractivity contribution in [1.82, 2.24) is 15.2 Å². The first-order chi connectivity index (χ1) is 9.11. The summed E-state index contributed by atoms with van der Waals surface area (Å²) in [6.45, 7) is 4.02. The predicted octanol–water partition coefficient (Wildman–Crippen LogP) is 1.76. The van der Waals surface area contributed by atoms with Crippen LogP contribution in [0.5, 0.6) is 5.75 Å². The standard InChI is InChI=1S/C14H20N4O/c1-10(2)19-12-6-4-11(5-7-12)14(17-15)13-8-9-16-18(13)3/h4-10,14,17H,15H2,1-3H3. The summed E-state index contributed by atoms with van der Waals surface area (Å²) < 4.78 is 7.44. The fourth-order valence-corrected chi connectivity index (χ4v) is 2.03. The molecule has 1 aromatic carbocycles. The van der Waals surface area contributed by atoms with E-state index in [1.54, 1.807) is 6.20 Å². The number of hydrogen-bond acceptors (Lipinski definition) is 4. The van der Waals surface area contributed by atoms with E-state index in [1.165, 1.54) is 0 Å². The molecule has 5 heteroatoms. The summed E-state index contributed by atoms with van der Waals surface area (Å²) >= 11 is 0. The molecular formula is C14H20N4O. The second-order valence-electron chi connectivity index (χ2n) is 4.72. The lowest BCUT2D eigenvalue weighted by atomic mass is 10.0. The van der Waals surface area contributed by atoms with Crippen LogP contribution in [0.4, 0.5) is 0 Å². The smallest absolute Gasteiger partial charge is 0.119 e. The van der Waals surface area contributed by atoms with Crippen LogP contribution < -0.4 is 16.0 Å². The lowest BCUT2D eigenvalue weighted by molar-refractivity contribution is 0.242. The van der Waals surface area contributed by atoms with E-state index < -0.39 is 0 Å². The van der Waals surface area contributed by atoms with E-state index >= 15 is 0 Å². The maximum Gasteiger partial charge on any atom is 0.119 e. The van der Waals surface area contributed by atoms with Crippen molar-refractivity contribution in [2.75, 3.05) is 0 Å². The van der Waals surface area contributed by atoms with Gasteiger partial charge in [0.15, 0.2) is 0 Å². The minimum atomic E-state index is -0.0828. The molecule has 1 atom stereocenters. The Bertz CT molecular complexity index is 518. The van der Waals surface area contributed by atoms with Gasteiger partial charge in [-0.05, 0) is 37.6 Å².